The number of carboxylic acid groups (broad SMARTS) is 1. The lowest BCUT2D eigenvalue weighted by atomic mass is 10.1. The summed E-state index contributed by atoms with van der Waals surface area (Å²) in [6.45, 7) is 2.74. The molecule has 2 aromatic rings. The molecule has 8 nitrogen and oxygen atoms in total. The molecule has 1 fully saturated rings. The van der Waals surface area contributed by atoms with Crippen molar-refractivity contribution in [2.45, 2.75) is 6.17 Å². The number of amides is 1. The van der Waals surface area contributed by atoms with Crippen LogP contribution in [0.3, 0.4) is 0 Å². The van der Waals surface area contributed by atoms with Crippen LogP contribution in [0.4, 0.5) is 10.6 Å². The van der Waals surface area contributed by atoms with E-state index in [1.54, 1.807) is 0 Å². The number of carbonyl (C=O) groups is 2. The number of hydrogen-bond donors (Lipinski definition) is 2. The van der Waals surface area contributed by atoms with Gasteiger partial charge in [0.15, 0.2) is 0 Å². The van der Waals surface area contributed by atoms with Crippen LogP contribution in [0.5, 0.6) is 0 Å². The number of rotatable bonds is 7. The average Bonchev–Trinajstić information content (AvgIpc) is 2.74. The van der Waals surface area contributed by atoms with Crippen molar-refractivity contribution in [3.05, 3.63) is 47.5 Å². The Morgan fingerprint density at radius 3 is 2.52 bits per heavy atom. The first-order valence-corrected chi connectivity index (χ1v) is 9.75. The van der Waals surface area contributed by atoms with Gasteiger partial charge in [-0.2, -0.15) is 0 Å². The molecule has 0 saturated carbocycles. The molecule has 3 N–H and O–H groups in total. The van der Waals surface area contributed by atoms with E-state index in [1.165, 1.54) is 0 Å². The van der Waals surface area contributed by atoms with Crippen LogP contribution >= 0.6 is 11.6 Å². The van der Waals surface area contributed by atoms with Crippen molar-refractivity contribution in [2.75, 3.05) is 44.2 Å². The predicted molar refractivity (Wildman–Crippen MR) is 112 cm³/mol. The quantitative estimate of drug-likeness (QED) is 0.664. The van der Waals surface area contributed by atoms with Gasteiger partial charge in [-0.05, 0) is 24.3 Å². The van der Waals surface area contributed by atoms with Crippen molar-refractivity contribution in [3.63, 3.8) is 0 Å². The molecule has 1 amide bonds. The van der Waals surface area contributed by atoms with E-state index >= 15 is 0 Å². The normalized spacial score (nSPS) is 15.7. The number of nitrogens with two attached hydrogens (primary N) is 1. The number of hydrogen-bond acceptors (Lipinski definition) is 6. The average molecular weight is 418 g/mol. The minimum absolute atomic E-state index is 0.0956. The van der Waals surface area contributed by atoms with Gasteiger partial charge in [-0.15, -0.1) is 0 Å². The predicted octanol–water partition coefficient (Wildman–Crippen LogP) is 1.99. The third kappa shape index (κ3) is 5.44. The van der Waals surface area contributed by atoms with Gasteiger partial charge in [0, 0.05) is 36.8 Å². The molecule has 154 valence electrons. The van der Waals surface area contributed by atoms with Gasteiger partial charge >= 0.3 is 6.09 Å². The fraction of sp³-hybridized carbons (Fsp3) is 0.350. The summed E-state index contributed by atoms with van der Waals surface area (Å²) in [5.41, 5.74) is 8.05. The number of anilines is 1. The number of aromatic nitrogens is 1. The summed E-state index contributed by atoms with van der Waals surface area (Å²) in [5.74, 6) is 0.888. The summed E-state index contributed by atoms with van der Waals surface area (Å²) < 4.78 is 0. The summed E-state index contributed by atoms with van der Waals surface area (Å²) in [7, 11) is 0. The lowest BCUT2D eigenvalue weighted by Crippen LogP contribution is -2.57. The van der Waals surface area contributed by atoms with Gasteiger partial charge < -0.3 is 20.5 Å². The molecular formula is C20H24ClN5O3. The largest absolute Gasteiger partial charge is 0.465 e. The van der Waals surface area contributed by atoms with Crippen molar-refractivity contribution >= 4 is 29.8 Å². The van der Waals surface area contributed by atoms with Gasteiger partial charge in [0.25, 0.3) is 0 Å². The van der Waals surface area contributed by atoms with E-state index in [1.807, 2.05) is 47.4 Å². The third-order valence-electron chi connectivity index (χ3n) is 4.95. The number of piperazine rings is 1. The molecule has 1 saturated heterocycles. The molecule has 0 aliphatic carbocycles. The van der Waals surface area contributed by atoms with Crippen molar-refractivity contribution in [2.24, 2.45) is 5.73 Å². The Bertz CT molecular complexity index is 840. The van der Waals surface area contributed by atoms with E-state index in [0.717, 1.165) is 35.1 Å². The monoisotopic (exact) mass is 417 g/mol. The standard InChI is InChI=1S/C20H24ClN5O3/c21-16-6-4-15(5-7-16)17-2-1-3-19(23-17)25-10-8-24(9-11-25)18(22)14-26(12-13-27)20(28)29/h1-7,13,18H,8-12,14,22H2,(H,28,29). The molecule has 1 aliphatic heterocycles. The van der Waals surface area contributed by atoms with Crippen LogP contribution in [0.1, 0.15) is 0 Å². The summed E-state index contributed by atoms with van der Waals surface area (Å²) in [6.07, 6.45) is -1.03. The van der Waals surface area contributed by atoms with Gasteiger partial charge in [0.05, 0.1) is 24.9 Å². The molecule has 3 rings (SSSR count). The maximum absolute atomic E-state index is 11.2. The number of nitrogens with zero attached hydrogens (tertiary/aromatic N) is 4. The molecule has 1 atom stereocenters. The molecule has 1 aromatic heterocycles. The Morgan fingerprint density at radius 1 is 1.21 bits per heavy atom. The van der Waals surface area contributed by atoms with E-state index < -0.39 is 12.3 Å². The van der Waals surface area contributed by atoms with Crippen LogP contribution in [-0.4, -0.2) is 77.7 Å². The maximum Gasteiger partial charge on any atom is 0.407 e. The fourth-order valence-corrected chi connectivity index (χ4v) is 3.45. The smallest absolute Gasteiger partial charge is 0.407 e. The second-order valence-corrected chi connectivity index (χ2v) is 7.27. The molecule has 1 unspecified atom stereocenters. The van der Waals surface area contributed by atoms with E-state index in [9.17, 15) is 9.59 Å². The van der Waals surface area contributed by atoms with Crippen LogP contribution in [0.2, 0.25) is 5.02 Å². The molecule has 29 heavy (non-hydrogen) atoms. The summed E-state index contributed by atoms with van der Waals surface area (Å²) in [4.78, 5) is 31.8. The molecule has 0 spiro atoms. The molecule has 9 heteroatoms. The van der Waals surface area contributed by atoms with Crippen LogP contribution in [-0.2, 0) is 4.79 Å². The Hall–Kier alpha value is -2.68. The number of benzene rings is 1. The van der Waals surface area contributed by atoms with Crippen molar-refractivity contribution < 1.29 is 14.7 Å². The van der Waals surface area contributed by atoms with Gasteiger partial charge in [-0.1, -0.05) is 29.8 Å². The molecule has 0 radical (unpaired) electrons. The highest BCUT2D eigenvalue weighted by Crippen LogP contribution is 2.23. The minimum atomic E-state index is -1.14. The van der Waals surface area contributed by atoms with E-state index in [0.29, 0.717) is 24.4 Å². The zero-order chi connectivity index (χ0) is 20.8. The summed E-state index contributed by atoms with van der Waals surface area (Å²) in [6, 6.07) is 13.5. The SMILES string of the molecule is NC(CN(CC=O)C(=O)O)N1CCN(c2cccc(-c3ccc(Cl)cc3)n2)CC1. The van der Waals surface area contributed by atoms with Crippen molar-refractivity contribution in [1.29, 1.82) is 0 Å². The van der Waals surface area contributed by atoms with E-state index in [-0.39, 0.29) is 13.1 Å². The summed E-state index contributed by atoms with van der Waals surface area (Å²) in [5, 5.41) is 9.83. The lowest BCUT2D eigenvalue weighted by molar-refractivity contribution is -0.108. The van der Waals surface area contributed by atoms with Crippen LogP contribution in [0.25, 0.3) is 11.3 Å². The van der Waals surface area contributed by atoms with Crippen LogP contribution in [0, 0.1) is 0 Å². The van der Waals surface area contributed by atoms with Crippen molar-refractivity contribution in [3.8, 4) is 11.3 Å². The molecule has 0 bridgehead atoms. The topological polar surface area (TPSA) is 103 Å². The first kappa shape index (κ1) is 21.0. The Labute approximate surface area is 174 Å². The molecule has 1 aliphatic rings. The first-order valence-electron chi connectivity index (χ1n) is 9.37. The highest BCUT2D eigenvalue weighted by atomic mass is 35.5. The second-order valence-electron chi connectivity index (χ2n) is 6.83. The Kier molecular flexibility index (Phi) is 7.03. The number of halogens is 1. The highest BCUT2D eigenvalue weighted by Gasteiger charge is 2.25. The van der Waals surface area contributed by atoms with Gasteiger partial charge in [0.2, 0.25) is 0 Å². The van der Waals surface area contributed by atoms with Gasteiger partial charge in [-0.25, -0.2) is 9.78 Å². The van der Waals surface area contributed by atoms with Crippen LogP contribution < -0.4 is 10.6 Å². The second kappa shape index (κ2) is 9.69. The molecule has 1 aromatic carbocycles. The molecular weight excluding hydrogens is 394 g/mol. The van der Waals surface area contributed by atoms with E-state index in [4.69, 9.17) is 27.4 Å². The van der Waals surface area contributed by atoms with Gasteiger partial charge in [-0.3, -0.25) is 9.80 Å². The van der Waals surface area contributed by atoms with Crippen molar-refractivity contribution in [1.82, 2.24) is 14.8 Å². The zero-order valence-corrected chi connectivity index (χ0v) is 16.7. The van der Waals surface area contributed by atoms with E-state index in [2.05, 4.69) is 4.90 Å². The third-order valence-corrected chi connectivity index (χ3v) is 5.21. The number of pyridine rings is 1. The van der Waals surface area contributed by atoms with Gasteiger partial charge in [0.1, 0.15) is 12.1 Å². The lowest BCUT2D eigenvalue weighted by Gasteiger charge is -2.39. The maximum atomic E-state index is 11.2. The number of aldehydes is 1. The first-order chi connectivity index (χ1) is 14.0. The van der Waals surface area contributed by atoms with Crippen LogP contribution in [0.15, 0.2) is 42.5 Å². The minimum Gasteiger partial charge on any atom is -0.465 e. The Morgan fingerprint density at radius 2 is 1.90 bits per heavy atom. The summed E-state index contributed by atoms with van der Waals surface area (Å²) >= 11 is 5.96. The number of carbonyl (C=O) groups excluding carboxylic acids is 1. The zero-order valence-electron chi connectivity index (χ0n) is 15.9. The highest BCUT2D eigenvalue weighted by molar-refractivity contribution is 6.30. The fourth-order valence-electron chi connectivity index (χ4n) is 3.33. The molecule has 2 heterocycles. The Balaban J connectivity index is 1.60.